The van der Waals surface area contributed by atoms with Gasteiger partial charge >= 0.3 is 5.63 Å². The normalized spacial score (nSPS) is 15.6. The Kier molecular flexibility index (Phi) is 4.26. The average Bonchev–Trinajstić information content (AvgIpc) is 2.91. The third-order valence-corrected chi connectivity index (χ3v) is 4.68. The maximum Gasteiger partial charge on any atom is 0.336 e. The van der Waals surface area contributed by atoms with Gasteiger partial charge < -0.3 is 18.9 Å². The van der Waals surface area contributed by atoms with E-state index in [1.165, 1.54) is 6.07 Å². The lowest BCUT2D eigenvalue weighted by atomic mass is 10.1. The van der Waals surface area contributed by atoms with Crippen LogP contribution in [0.4, 0.5) is 5.69 Å². The molecule has 136 valence electrons. The van der Waals surface area contributed by atoms with Gasteiger partial charge in [0.15, 0.2) is 5.58 Å². The summed E-state index contributed by atoms with van der Waals surface area (Å²) < 4.78 is 16.5. The number of carbonyl (C=O) groups excluding carboxylic acids is 1. The first-order valence-corrected chi connectivity index (χ1v) is 8.59. The van der Waals surface area contributed by atoms with Gasteiger partial charge in [0.25, 0.3) is 0 Å². The van der Waals surface area contributed by atoms with E-state index in [1.54, 1.807) is 6.92 Å². The van der Waals surface area contributed by atoms with Crippen molar-refractivity contribution in [3.05, 3.63) is 39.9 Å². The minimum Gasteiger partial charge on any atom is -0.459 e. The van der Waals surface area contributed by atoms with Crippen LogP contribution in [0.1, 0.15) is 11.3 Å². The summed E-state index contributed by atoms with van der Waals surface area (Å²) in [5, 5.41) is 4.38. The Labute approximate surface area is 149 Å². The highest BCUT2D eigenvalue weighted by Gasteiger charge is 2.20. The zero-order valence-electron chi connectivity index (χ0n) is 14.8. The molecule has 7 heteroatoms. The molecule has 1 N–H and O–H groups in total. The summed E-state index contributed by atoms with van der Waals surface area (Å²) >= 11 is 0. The van der Waals surface area contributed by atoms with Crippen molar-refractivity contribution in [3.8, 4) is 0 Å². The van der Waals surface area contributed by atoms with E-state index in [0.717, 1.165) is 24.0 Å². The van der Waals surface area contributed by atoms with Crippen LogP contribution in [0.25, 0.3) is 21.9 Å². The molecule has 1 aliphatic rings. The van der Waals surface area contributed by atoms with Gasteiger partial charge in [-0.3, -0.25) is 9.69 Å². The van der Waals surface area contributed by atoms with Gasteiger partial charge in [-0.15, -0.1) is 0 Å². The summed E-state index contributed by atoms with van der Waals surface area (Å²) in [5.74, 6) is 0.441. The van der Waals surface area contributed by atoms with E-state index >= 15 is 0 Å². The number of fused-ring (bicyclic) bond motifs is 3. The van der Waals surface area contributed by atoms with Gasteiger partial charge in [-0.25, -0.2) is 4.79 Å². The Hall–Kier alpha value is -2.64. The number of morpholine rings is 1. The summed E-state index contributed by atoms with van der Waals surface area (Å²) in [6.07, 6.45) is 0. The number of nitrogens with zero attached hydrogens (tertiary/aromatic N) is 1. The molecule has 0 unspecified atom stereocenters. The second-order valence-electron chi connectivity index (χ2n) is 6.53. The number of furan rings is 1. The number of rotatable bonds is 3. The van der Waals surface area contributed by atoms with Crippen LogP contribution in [0.2, 0.25) is 0 Å². The highest BCUT2D eigenvalue weighted by molar-refractivity contribution is 6.13. The monoisotopic (exact) mass is 356 g/mol. The number of ether oxygens (including phenoxy) is 1. The predicted octanol–water partition coefficient (Wildman–Crippen LogP) is 2.43. The molecule has 0 radical (unpaired) electrons. The van der Waals surface area contributed by atoms with Crippen LogP contribution in [0.5, 0.6) is 0 Å². The van der Waals surface area contributed by atoms with E-state index in [4.69, 9.17) is 13.6 Å². The van der Waals surface area contributed by atoms with Crippen molar-refractivity contribution in [1.29, 1.82) is 0 Å². The van der Waals surface area contributed by atoms with Gasteiger partial charge in [0.1, 0.15) is 11.3 Å². The molecule has 26 heavy (non-hydrogen) atoms. The van der Waals surface area contributed by atoms with E-state index < -0.39 is 5.63 Å². The molecule has 4 rings (SSSR count). The smallest absolute Gasteiger partial charge is 0.336 e. The van der Waals surface area contributed by atoms with Crippen LogP contribution < -0.4 is 10.9 Å². The summed E-state index contributed by atoms with van der Waals surface area (Å²) in [4.78, 5) is 26.4. The largest absolute Gasteiger partial charge is 0.459 e. The maximum absolute atomic E-state index is 12.5. The standard InChI is InChI=1S/C19H20N2O5/c1-11-9-16(23)26-19-13(11)3-4-14-17(19)18(12(2)25-14)20-15(22)10-21-5-7-24-8-6-21/h3-4,9H,5-8,10H2,1-2H3,(H,20,22). The fraction of sp³-hybridized carbons (Fsp3) is 0.368. The van der Waals surface area contributed by atoms with Crippen LogP contribution in [0.3, 0.4) is 0 Å². The number of benzene rings is 1. The first-order chi connectivity index (χ1) is 12.5. The zero-order chi connectivity index (χ0) is 18.3. The van der Waals surface area contributed by atoms with Crippen molar-refractivity contribution in [3.63, 3.8) is 0 Å². The molecule has 0 bridgehead atoms. The molecule has 1 fully saturated rings. The molecule has 3 heterocycles. The van der Waals surface area contributed by atoms with Gasteiger partial charge in [-0.2, -0.15) is 0 Å². The molecular formula is C19H20N2O5. The molecule has 1 aliphatic heterocycles. The van der Waals surface area contributed by atoms with Crippen molar-refractivity contribution in [1.82, 2.24) is 4.90 Å². The number of hydrogen-bond acceptors (Lipinski definition) is 6. The Morgan fingerprint density at radius 2 is 1.96 bits per heavy atom. The summed E-state index contributed by atoms with van der Waals surface area (Å²) in [6, 6.07) is 5.14. The van der Waals surface area contributed by atoms with Gasteiger partial charge in [0.05, 0.1) is 30.8 Å². The van der Waals surface area contributed by atoms with E-state index in [0.29, 0.717) is 41.2 Å². The fourth-order valence-corrected chi connectivity index (χ4v) is 3.37. The molecule has 1 amide bonds. The molecule has 1 aromatic carbocycles. The second-order valence-corrected chi connectivity index (χ2v) is 6.53. The molecule has 1 saturated heterocycles. The minimum absolute atomic E-state index is 0.135. The molecular weight excluding hydrogens is 336 g/mol. The van der Waals surface area contributed by atoms with Gasteiger partial charge in [-0.05, 0) is 31.5 Å². The number of aryl methyl sites for hydroxylation is 2. The summed E-state index contributed by atoms with van der Waals surface area (Å²) in [7, 11) is 0. The molecule has 2 aromatic heterocycles. The third-order valence-electron chi connectivity index (χ3n) is 4.68. The topological polar surface area (TPSA) is 84.9 Å². The average molecular weight is 356 g/mol. The lowest BCUT2D eigenvalue weighted by molar-refractivity contribution is -0.118. The lowest BCUT2D eigenvalue weighted by Crippen LogP contribution is -2.41. The number of nitrogens with one attached hydrogen (secondary N) is 1. The first-order valence-electron chi connectivity index (χ1n) is 8.59. The van der Waals surface area contributed by atoms with Crippen LogP contribution in [-0.4, -0.2) is 43.7 Å². The van der Waals surface area contributed by atoms with E-state index in [2.05, 4.69) is 5.32 Å². The third kappa shape index (κ3) is 3.00. The van der Waals surface area contributed by atoms with Crippen molar-refractivity contribution in [2.24, 2.45) is 0 Å². The van der Waals surface area contributed by atoms with Crippen molar-refractivity contribution < 1.29 is 18.4 Å². The Morgan fingerprint density at radius 3 is 2.73 bits per heavy atom. The van der Waals surface area contributed by atoms with Crippen molar-refractivity contribution in [2.45, 2.75) is 13.8 Å². The van der Waals surface area contributed by atoms with Crippen LogP contribution in [0, 0.1) is 13.8 Å². The molecule has 0 atom stereocenters. The second kappa shape index (κ2) is 6.59. The van der Waals surface area contributed by atoms with E-state index in [1.807, 2.05) is 24.0 Å². The number of anilines is 1. The molecule has 0 spiro atoms. The Morgan fingerprint density at radius 1 is 1.19 bits per heavy atom. The zero-order valence-corrected chi connectivity index (χ0v) is 14.8. The van der Waals surface area contributed by atoms with Crippen molar-refractivity contribution >= 4 is 33.5 Å². The first kappa shape index (κ1) is 16.8. The van der Waals surface area contributed by atoms with Gasteiger partial charge in [0, 0.05) is 24.5 Å². The minimum atomic E-state index is -0.424. The van der Waals surface area contributed by atoms with Crippen LogP contribution in [-0.2, 0) is 9.53 Å². The number of carbonyl (C=O) groups is 1. The van der Waals surface area contributed by atoms with E-state index in [9.17, 15) is 9.59 Å². The quantitative estimate of drug-likeness (QED) is 0.726. The Bertz CT molecular complexity index is 1040. The number of hydrogen-bond donors (Lipinski definition) is 1. The Balaban J connectivity index is 1.74. The molecule has 7 nitrogen and oxygen atoms in total. The maximum atomic E-state index is 12.5. The summed E-state index contributed by atoms with van der Waals surface area (Å²) in [5.41, 5.74) is 1.96. The van der Waals surface area contributed by atoms with Gasteiger partial charge in [0.2, 0.25) is 5.91 Å². The lowest BCUT2D eigenvalue weighted by Gasteiger charge is -2.25. The molecule has 0 aliphatic carbocycles. The van der Waals surface area contributed by atoms with Crippen LogP contribution in [0.15, 0.2) is 31.8 Å². The van der Waals surface area contributed by atoms with Gasteiger partial charge in [-0.1, -0.05) is 0 Å². The fourth-order valence-electron chi connectivity index (χ4n) is 3.37. The predicted molar refractivity (Wildman–Crippen MR) is 97.6 cm³/mol. The summed E-state index contributed by atoms with van der Waals surface area (Å²) in [6.45, 7) is 6.65. The van der Waals surface area contributed by atoms with E-state index in [-0.39, 0.29) is 12.5 Å². The highest BCUT2D eigenvalue weighted by Crippen LogP contribution is 2.36. The highest BCUT2D eigenvalue weighted by atomic mass is 16.5. The number of amides is 1. The van der Waals surface area contributed by atoms with Crippen LogP contribution >= 0.6 is 0 Å². The molecule has 0 saturated carbocycles. The van der Waals surface area contributed by atoms with Crippen molar-refractivity contribution in [2.75, 3.05) is 38.2 Å². The SMILES string of the molecule is Cc1oc2ccc3c(C)cc(=O)oc3c2c1NC(=O)CN1CCOCC1. The molecule has 3 aromatic rings.